The summed E-state index contributed by atoms with van der Waals surface area (Å²) < 4.78 is 0. The molecule has 2 aromatic rings. The number of anilines is 2. The number of fused-ring (bicyclic) bond motifs is 4. The summed E-state index contributed by atoms with van der Waals surface area (Å²) in [5.74, 6) is -2.25. The third-order valence-corrected chi connectivity index (χ3v) is 7.61. The van der Waals surface area contributed by atoms with Crippen LogP contribution in [0.4, 0.5) is 17.1 Å². The number of nitro benzene ring substituents is 1. The summed E-state index contributed by atoms with van der Waals surface area (Å²) in [6, 6.07) is 11.1. The third-order valence-electron chi connectivity index (χ3n) is 6.97. The van der Waals surface area contributed by atoms with Gasteiger partial charge in [0.2, 0.25) is 17.7 Å². The lowest BCUT2D eigenvalue weighted by atomic mass is 9.76. The summed E-state index contributed by atoms with van der Waals surface area (Å²) in [7, 11) is 0. The van der Waals surface area contributed by atoms with E-state index in [0.717, 1.165) is 10.7 Å². The van der Waals surface area contributed by atoms with Crippen LogP contribution in [-0.4, -0.2) is 40.7 Å². The van der Waals surface area contributed by atoms with Crippen LogP contribution in [0.1, 0.15) is 17.5 Å². The first-order valence-corrected chi connectivity index (χ1v) is 12.0. The topological polar surface area (TPSA) is 122 Å². The Labute approximate surface area is 194 Å². The average molecular weight is 467 g/mol. The molecular formula is C23H22N4O5S. The summed E-state index contributed by atoms with van der Waals surface area (Å²) in [6.07, 6.45) is 2.56. The van der Waals surface area contributed by atoms with Gasteiger partial charge in [-0.25, -0.2) is 4.90 Å². The first-order chi connectivity index (χ1) is 15.8. The Balaban J connectivity index is 1.66. The molecule has 170 valence electrons. The number of amides is 3. The van der Waals surface area contributed by atoms with Crippen molar-refractivity contribution in [2.45, 2.75) is 24.9 Å². The highest BCUT2D eigenvalue weighted by atomic mass is 32.2. The van der Waals surface area contributed by atoms with Crippen molar-refractivity contribution in [2.75, 3.05) is 22.2 Å². The number of carbonyl (C=O) groups is 3. The third kappa shape index (κ3) is 2.87. The molecule has 2 saturated heterocycles. The highest BCUT2D eigenvalue weighted by Crippen LogP contribution is 2.54. The minimum atomic E-state index is -1.36. The SMILES string of the molecule is CSCC[C@@H]1N[C@]2(C(=O)Nc3ccccc32)[C@H]2C(=O)N(c3cccc([N+](=O)[O-])c3C)C(=O)[C@@H]12. The molecule has 4 atom stereocenters. The van der Waals surface area contributed by atoms with Gasteiger partial charge in [0, 0.05) is 23.4 Å². The molecular weight excluding hydrogens is 444 g/mol. The van der Waals surface area contributed by atoms with Gasteiger partial charge in [0.1, 0.15) is 5.54 Å². The fourth-order valence-corrected chi connectivity index (χ4v) is 6.03. The minimum absolute atomic E-state index is 0.166. The molecule has 0 aliphatic carbocycles. The number of nitrogens with one attached hydrogen (secondary N) is 2. The molecule has 3 aliphatic heterocycles. The van der Waals surface area contributed by atoms with Crippen LogP contribution >= 0.6 is 11.8 Å². The maximum Gasteiger partial charge on any atom is 0.274 e. The first-order valence-electron chi connectivity index (χ1n) is 10.6. The number of nitro groups is 1. The molecule has 3 heterocycles. The van der Waals surface area contributed by atoms with Crippen molar-refractivity contribution in [1.82, 2.24) is 5.32 Å². The van der Waals surface area contributed by atoms with Gasteiger partial charge in [-0.3, -0.25) is 29.8 Å². The lowest BCUT2D eigenvalue weighted by molar-refractivity contribution is -0.385. The highest BCUT2D eigenvalue weighted by Gasteiger charge is 2.70. The lowest BCUT2D eigenvalue weighted by Gasteiger charge is -2.29. The number of benzene rings is 2. The van der Waals surface area contributed by atoms with E-state index in [4.69, 9.17) is 0 Å². The van der Waals surface area contributed by atoms with Gasteiger partial charge in [0.25, 0.3) is 5.69 Å². The van der Waals surface area contributed by atoms with Crippen LogP contribution in [0.15, 0.2) is 42.5 Å². The Bertz CT molecular complexity index is 1220. The van der Waals surface area contributed by atoms with E-state index in [0.29, 0.717) is 17.7 Å². The second kappa shape index (κ2) is 7.67. The van der Waals surface area contributed by atoms with E-state index in [1.165, 1.54) is 19.1 Å². The largest absolute Gasteiger partial charge is 0.324 e. The average Bonchev–Trinajstić information content (AvgIpc) is 3.37. The Morgan fingerprint density at radius 1 is 1.12 bits per heavy atom. The Morgan fingerprint density at radius 3 is 2.61 bits per heavy atom. The zero-order valence-electron chi connectivity index (χ0n) is 18.0. The van der Waals surface area contributed by atoms with Gasteiger partial charge in [-0.05, 0) is 37.5 Å². The highest BCUT2D eigenvalue weighted by molar-refractivity contribution is 7.98. The van der Waals surface area contributed by atoms with Gasteiger partial charge in [-0.15, -0.1) is 0 Å². The predicted octanol–water partition coefficient (Wildman–Crippen LogP) is 2.58. The standard InChI is InChI=1S/C23H22N4O5S/c1-12-16(8-5-9-17(12)27(31)32)26-20(28)18-15(10-11-33-2)25-23(19(18)21(26)29)13-6-3-4-7-14(13)24-22(23)30/h3-9,15,18-19,25H,10-11H2,1-2H3,(H,24,30)/t15-,18-,19+,23-/m0/s1. The van der Waals surface area contributed by atoms with E-state index >= 15 is 0 Å². The Hall–Kier alpha value is -3.24. The predicted molar refractivity (Wildman–Crippen MR) is 124 cm³/mol. The maximum atomic E-state index is 13.9. The summed E-state index contributed by atoms with van der Waals surface area (Å²) in [5, 5.41) is 17.7. The summed E-state index contributed by atoms with van der Waals surface area (Å²) in [4.78, 5) is 52.9. The number of imide groups is 1. The molecule has 10 heteroatoms. The molecule has 0 unspecified atom stereocenters. The van der Waals surface area contributed by atoms with Crippen molar-refractivity contribution >= 4 is 46.5 Å². The number of thioether (sulfide) groups is 1. The van der Waals surface area contributed by atoms with E-state index in [2.05, 4.69) is 10.6 Å². The molecule has 0 radical (unpaired) electrons. The van der Waals surface area contributed by atoms with Crippen molar-refractivity contribution in [3.8, 4) is 0 Å². The van der Waals surface area contributed by atoms with Crippen LogP contribution in [0.2, 0.25) is 0 Å². The Kier molecular flexibility index (Phi) is 5.02. The molecule has 2 N–H and O–H groups in total. The van der Waals surface area contributed by atoms with Crippen molar-refractivity contribution in [1.29, 1.82) is 0 Å². The van der Waals surface area contributed by atoms with Gasteiger partial charge in [-0.2, -0.15) is 11.8 Å². The molecule has 3 amide bonds. The van der Waals surface area contributed by atoms with Crippen molar-refractivity contribution < 1.29 is 19.3 Å². The van der Waals surface area contributed by atoms with Crippen molar-refractivity contribution in [3.63, 3.8) is 0 Å². The molecule has 5 rings (SSSR count). The molecule has 2 aromatic carbocycles. The molecule has 1 spiro atoms. The second-order valence-electron chi connectivity index (χ2n) is 8.53. The van der Waals surface area contributed by atoms with Crippen LogP contribution in [0.5, 0.6) is 0 Å². The number of para-hydroxylation sites is 1. The van der Waals surface area contributed by atoms with E-state index in [9.17, 15) is 24.5 Å². The van der Waals surface area contributed by atoms with Gasteiger partial charge >= 0.3 is 0 Å². The summed E-state index contributed by atoms with van der Waals surface area (Å²) >= 11 is 1.62. The number of rotatable bonds is 5. The molecule has 0 saturated carbocycles. The van der Waals surface area contributed by atoms with E-state index in [-0.39, 0.29) is 28.9 Å². The fraction of sp³-hybridized carbons (Fsp3) is 0.348. The molecule has 9 nitrogen and oxygen atoms in total. The molecule has 0 bridgehead atoms. The second-order valence-corrected chi connectivity index (χ2v) is 9.52. The Morgan fingerprint density at radius 2 is 1.88 bits per heavy atom. The summed E-state index contributed by atoms with van der Waals surface area (Å²) in [5.41, 5.74) is 0.170. The van der Waals surface area contributed by atoms with E-state index in [1.807, 2.05) is 6.26 Å². The zero-order valence-corrected chi connectivity index (χ0v) is 18.8. The van der Waals surface area contributed by atoms with Crippen LogP contribution in [0.25, 0.3) is 0 Å². The van der Waals surface area contributed by atoms with Gasteiger partial charge in [0.05, 0.1) is 28.0 Å². The van der Waals surface area contributed by atoms with Gasteiger partial charge in [-0.1, -0.05) is 24.3 Å². The first kappa shape index (κ1) is 21.6. The molecule has 0 aromatic heterocycles. The number of hydrogen-bond donors (Lipinski definition) is 2. The maximum absolute atomic E-state index is 13.9. The smallest absolute Gasteiger partial charge is 0.274 e. The van der Waals surface area contributed by atoms with Crippen LogP contribution < -0.4 is 15.5 Å². The molecule has 33 heavy (non-hydrogen) atoms. The summed E-state index contributed by atoms with van der Waals surface area (Å²) in [6.45, 7) is 1.53. The fourth-order valence-electron chi connectivity index (χ4n) is 5.54. The monoisotopic (exact) mass is 466 g/mol. The quantitative estimate of drug-likeness (QED) is 0.395. The van der Waals surface area contributed by atoms with Gasteiger partial charge in [0.15, 0.2) is 0 Å². The molecule has 3 aliphatic rings. The normalized spacial score (nSPS) is 27.8. The number of hydrogen-bond acceptors (Lipinski definition) is 7. The zero-order chi connectivity index (χ0) is 23.5. The van der Waals surface area contributed by atoms with Crippen LogP contribution in [-0.2, 0) is 19.9 Å². The number of nitrogens with zero attached hydrogens (tertiary/aromatic N) is 2. The lowest BCUT2D eigenvalue weighted by Crippen LogP contribution is -2.53. The van der Waals surface area contributed by atoms with E-state index in [1.54, 1.807) is 42.1 Å². The van der Waals surface area contributed by atoms with E-state index < -0.39 is 34.1 Å². The minimum Gasteiger partial charge on any atom is -0.324 e. The number of carbonyl (C=O) groups excluding carboxylic acids is 3. The van der Waals surface area contributed by atoms with Crippen LogP contribution in [0, 0.1) is 28.9 Å². The van der Waals surface area contributed by atoms with Crippen LogP contribution in [0.3, 0.4) is 0 Å². The van der Waals surface area contributed by atoms with Gasteiger partial charge < -0.3 is 5.32 Å². The van der Waals surface area contributed by atoms with Crippen molar-refractivity contribution in [2.24, 2.45) is 11.8 Å². The molecule has 2 fully saturated rings. The van der Waals surface area contributed by atoms with Crippen molar-refractivity contribution in [3.05, 3.63) is 63.7 Å².